The van der Waals surface area contributed by atoms with Gasteiger partial charge in [0, 0.05) is 18.3 Å². The minimum atomic E-state index is -0.558. The maximum Gasteiger partial charge on any atom is 0.329 e. The summed E-state index contributed by atoms with van der Waals surface area (Å²) in [6.07, 6.45) is 1.13. The number of rotatable bonds is 5. The molecule has 0 radical (unpaired) electrons. The molecule has 0 amide bonds. The summed E-state index contributed by atoms with van der Waals surface area (Å²) in [6, 6.07) is 6.77. The molecule has 1 aromatic heterocycles. The molecule has 0 aliphatic heterocycles. The molecule has 8 heteroatoms. The number of ketones is 1. The Labute approximate surface area is 120 Å². The average Bonchev–Trinajstić information content (AvgIpc) is 2.47. The van der Waals surface area contributed by atoms with E-state index in [2.05, 4.69) is 20.6 Å². The number of anilines is 3. The lowest BCUT2D eigenvalue weighted by Crippen LogP contribution is -2.04. The van der Waals surface area contributed by atoms with Gasteiger partial charge in [-0.05, 0) is 31.2 Å². The third-order valence-electron chi connectivity index (χ3n) is 2.75. The van der Waals surface area contributed by atoms with Crippen LogP contribution in [0, 0.1) is 10.1 Å². The predicted octanol–water partition coefficient (Wildman–Crippen LogP) is 2.37. The van der Waals surface area contributed by atoms with Gasteiger partial charge >= 0.3 is 5.69 Å². The van der Waals surface area contributed by atoms with Gasteiger partial charge in [-0.1, -0.05) is 0 Å². The zero-order valence-electron chi connectivity index (χ0n) is 11.5. The van der Waals surface area contributed by atoms with Crippen LogP contribution in [0.4, 0.5) is 23.1 Å². The quantitative estimate of drug-likeness (QED) is 0.493. The summed E-state index contributed by atoms with van der Waals surface area (Å²) in [5.41, 5.74) is 1.08. The molecule has 2 N–H and O–H groups in total. The second kappa shape index (κ2) is 5.95. The summed E-state index contributed by atoms with van der Waals surface area (Å²) in [4.78, 5) is 29.3. The van der Waals surface area contributed by atoms with E-state index in [0.29, 0.717) is 11.3 Å². The number of nitrogens with zero attached hydrogens (tertiary/aromatic N) is 3. The van der Waals surface area contributed by atoms with E-state index < -0.39 is 4.92 Å². The van der Waals surface area contributed by atoms with Crippen LogP contribution in [0.5, 0.6) is 0 Å². The third-order valence-corrected chi connectivity index (χ3v) is 2.75. The van der Waals surface area contributed by atoms with Crippen molar-refractivity contribution in [1.29, 1.82) is 0 Å². The molecule has 0 saturated carbocycles. The molecule has 0 aliphatic rings. The molecule has 2 aromatic rings. The van der Waals surface area contributed by atoms with E-state index in [1.807, 2.05) is 0 Å². The van der Waals surface area contributed by atoms with Crippen LogP contribution < -0.4 is 10.6 Å². The SMILES string of the molecule is CNc1nc(Nc2ccc(C(C)=O)cc2)ncc1[N+](=O)[O-]. The van der Waals surface area contributed by atoms with E-state index in [0.717, 1.165) is 6.20 Å². The second-order valence-electron chi connectivity index (χ2n) is 4.19. The van der Waals surface area contributed by atoms with Crippen LogP contribution in [0.1, 0.15) is 17.3 Å². The topological polar surface area (TPSA) is 110 Å². The van der Waals surface area contributed by atoms with Crippen LogP contribution in [-0.2, 0) is 0 Å². The number of Topliss-reactive ketones (excluding diaryl/α,β-unsaturated/α-hetero) is 1. The van der Waals surface area contributed by atoms with E-state index in [4.69, 9.17) is 0 Å². The molecule has 0 atom stereocenters. The van der Waals surface area contributed by atoms with Crippen molar-refractivity contribution in [1.82, 2.24) is 9.97 Å². The lowest BCUT2D eigenvalue weighted by atomic mass is 10.1. The predicted molar refractivity (Wildman–Crippen MR) is 78.0 cm³/mol. The molecule has 0 unspecified atom stereocenters. The molecule has 0 bridgehead atoms. The van der Waals surface area contributed by atoms with Crippen molar-refractivity contribution in [3.05, 3.63) is 46.1 Å². The van der Waals surface area contributed by atoms with Gasteiger partial charge in [0.1, 0.15) is 6.20 Å². The number of carbonyl (C=O) groups excluding carboxylic acids is 1. The third kappa shape index (κ3) is 3.30. The average molecular weight is 287 g/mol. The number of carbonyl (C=O) groups is 1. The summed E-state index contributed by atoms with van der Waals surface area (Å²) in [5, 5.41) is 16.3. The van der Waals surface area contributed by atoms with Crippen molar-refractivity contribution in [2.45, 2.75) is 6.92 Å². The van der Waals surface area contributed by atoms with Gasteiger partial charge in [0.2, 0.25) is 11.8 Å². The fourth-order valence-electron chi connectivity index (χ4n) is 1.67. The lowest BCUT2D eigenvalue weighted by molar-refractivity contribution is -0.384. The monoisotopic (exact) mass is 287 g/mol. The minimum Gasteiger partial charge on any atom is -0.367 e. The molecule has 21 heavy (non-hydrogen) atoms. The Morgan fingerprint density at radius 1 is 1.29 bits per heavy atom. The first-order chi connectivity index (χ1) is 10.0. The summed E-state index contributed by atoms with van der Waals surface area (Å²) >= 11 is 0. The zero-order chi connectivity index (χ0) is 15.4. The number of aromatic nitrogens is 2. The van der Waals surface area contributed by atoms with Crippen molar-refractivity contribution in [3.63, 3.8) is 0 Å². The van der Waals surface area contributed by atoms with Crippen molar-refractivity contribution in [3.8, 4) is 0 Å². The highest BCUT2D eigenvalue weighted by atomic mass is 16.6. The molecule has 0 saturated heterocycles. The van der Waals surface area contributed by atoms with Gasteiger partial charge in [-0.15, -0.1) is 0 Å². The molecule has 1 aromatic carbocycles. The molecular formula is C13H13N5O3. The van der Waals surface area contributed by atoms with Crippen molar-refractivity contribution in [2.75, 3.05) is 17.7 Å². The minimum absolute atomic E-state index is 0.0226. The van der Waals surface area contributed by atoms with Crippen molar-refractivity contribution < 1.29 is 9.72 Å². The summed E-state index contributed by atoms with van der Waals surface area (Å²) in [7, 11) is 1.54. The Morgan fingerprint density at radius 3 is 2.48 bits per heavy atom. The first-order valence-electron chi connectivity index (χ1n) is 6.08. The Bertz CT molecular complexity index is 685. The molecular weight excluding hydrogens is 274 g/mol. The van der Waals surface area contributed by atoms with Crippen LogP contribution in [0.2, 0.25) is 0 Å². The van der Waals surface area contributed by atoms with Crippen LogP contribution in [0.3, 0.4) is 0 Å². The van der Waals surface area contributed by atoms with Gasteiger partial charge in [-0.25, -0.2) is 4.98 Å². The zero-order valence-corrected chi connectivity index (χ0v) is 11.5. The van der Waals surface area contributed by atoms with E-state index in [1.165, 1.54) is 6.92 Å². The first-order valence-corrected chi connectivity index (χ1v) is 6.08. The summed E-state index contributed by atoms with van der Waals surface area (Å²) in [6.45, 7) is 1.49. The first kappa shape index (κ1) is 14.4. The Kier molecular flexibility index (Phi) is 4.07. The van der Waals surface area contributed by atoms with Gasteiger partial charge in [-0.2, -0.15) is 4.98 Å². The normalized spacial score (nSPS) is 10.0. The van der Waals surface area contributed by atoms with E-state index >= 15 is 0 Å². The van der Waals surface area contributed by atoms with Gasteiger partial charge in [0.15, 0.2) is 5.78 Å². The summed E-state index contributed by atoms with van der Waals surface area (Å²) < 4.78 is 0. The number of hydrogen-bond donors (Lipinski definition) is 2. The van der Waals surface area contributed by atoms with Gasteiger partial charge in [0.25, 0.3) is 0 Å². The maximum atomic E-state index is 11.2. The summed E-state index contributed by atoms with van der Waals surface area (Å²) in [5.74, 6) is 0.323. The number of benzene rings is 1. The molecule has 0 fully saturated rings. The van der Waals surface area contributed by atoms with Gasteiger partial charge < -0.3 is 10.6 Å². The van der Waals surface area contributed by atoms with Crippen LogP contribution in [-0.4, -0.2) is 27.7 Å². The fourth-order valence-corrected chi connectivity index (χ4v) is 1.67. The molecule has 2 rings (SSSR count). The van der Waals surface area contributed by atoms with E-state index in [-0.39, 0.29) is 23.2 Å². The number of nitro groups is 1. The van der Waals surface area contributed by atoms with E-state index in [1.54, 1.807) is 31.3 Å². The molecule has 1 heterocycles. The smallest absolute Gasteiger partial charge is 0.329 e. The molecule has 8 nitrogen and oxygen atoms in total. The van der Waals surface area contributed by atoms with Gasteiger partial charge in [-0.3, -0.25) is 14.9 Å². The van der Waals surface area contributed by atoms with Gasteiger partial charge in [0.05, 0.1) is 4.92 Å². The Hall–Kier alpha value is -3.03. The van der Waals surface area contributed by atoms with Crippen LogP contribution in [0.15, 0.2) is 30.5 Å². The molecule has 0 spiro atoms. The lowest BCUT2D eigenvalue weighted by Gasteiger charge is -2.07. The van der Waals surface area contributed by atoms with Crippen LogP contribution in [0.25, 0.3) is 0 Å². The highest BCUT2D eigenvalue weighted by molar-refractivity contribution is 5.94. The van der Waals surface area contributed by atoms with E-state index in [9.17, 15) is 14.9 Å². The van der Waals surface area contributed by atoms with Crippen molar-refractivity contribution >= 4 is 28.9 Å². The van der Waals surface area contributed by atoms with Crippen LogP contribution >= 0.6 is 0 Å². The number of nitrogens with one attached hydrogen (secondary N) is 2. The largest absolute Gasteiger partial charge is 0.367 e. The second-order valence-corrected chi connectivity index (χ2v) is 4.19. The maximum absolute atomic E-state index is 11.2. The highest BCUT2D eigenvalue weighted by Crippen LogP contribution is 2.23. The Balaban J connectivity index is 2.23. The Morgan fingerprint density at radius 2 is 1.95 bits per heavy atom. The highest BCUT2D eigenvalue weighted by Gasteiger charge is 2.15. The standard InChI is InChI=1S/C13H13N5O3/c1-8(19)9-3-5-10(6-4-9)16-13-15-7-11(18(20)21)12(14-2)17-13/h3-7H,1-2H3,(H2,14,15,16,17). The number of hydrogen-bond acceptors (Lipinski definition) is 7. The molecule has 108 valence electrons. The molecule has 0 aliphatic carbocycles. The van der Waals surface area contributed by atoms with Crippen molar-refractivity contribution in [2.24, 2.45) is 0 Å². The fraction of sp³-hybridized carbons (Fsp3) is 0.154.